The van der Waals surface area contributed by atoms with E-state index in [-0.39, 0.29) is 5.82 Å². The van der Waals surface area contributed by atoms with Gasteiger partial charge in [-0.2, -0.15) is 0 Å². The highest BCUT2D eigenvalue weighted by molar-refractivity contribution is 7.09. The molecule has 0 radical (unpaired) electrons. The van der Waals surface area contributed by atoms with Gasteiger partial charge in [-0.1, -0.05) is 6.07 Å². The van der Waals surface area contributed by atoms with Crippen LogP contribution in [0.15, 0.2) is 35.7 Å². The quantitative estimate of drug-likeness (QED) is 0.717. The summed E-state index contributed by atoms with van der Waals surface area (Å²) >= 11 is 7.72. The van der Waals surface area contributed by atoms with E-state index in [1.807, 2.05) is 6.07 Å². The molecule has 1 aromatic carbocycles. The fraction of sp³-hybridized carbons (Fsp3) is 0.333. The fourth-order valence-corrected chi connectivity index (χ4v) is 3.23. The number of halogens is 2. The lowest BCUT2D eigenvalue weighted by Crippen LogP contribution is -2.25. The van der Waals surface area contributed by atoms with Crippen molar-refractivity contribution >= 4 is 28.6 Å². The van der Waals surface area contributed by atoms with Crippen LogP contribution in [0.25, 0.3) is 0 Å². The zero-order valence-electron chi connectivity index (χ0n) is 10.5. The molecule has 0 unspecified atom stereocenters. The molecule has 1 aromatic heterocycles. The summed E-state index contributed by atoms with van der Waals surface area (Å²) in [6.07, 6.45) is 2.43. The Balaban J connectivity index is 1.91. The van der Waals surface area contributed by atoms with Crippen LogP contribution in [-0.2, 0) is 12.4 Å². The number of anilines is 1. The largest absolute Gasteiger partial charge is 0.363 e. The Bertz CT molecular complexity index is 551. The Morgan fingerprint density at radius 1 is 1.32 bits per heavy atom. The van der Waals surface area contributed by atoms with E-state index in [2.05, 4.69) is 22.4 Å². The van der Waals surface area contributed by atoms with Crippen LogP contribution in [0.3, 0.4) is 0 Å². The van der Waals surface area contributed by atoms with E-state index in [9.17, 15) is 4.39 Å². The molecular weight excluding hydrogens is 281 g/mol. The van der Waals surface area contributed by atoms with Crippen molar-refractivity contribution in [2.75, 3.05) is 4.90 Å². The van der Waals surface area contributed by atoms with E-state index in [1.54, 1.807) is 17.4 Å². The minimum atomic E-state index is -0.216. The fourth-order valence-electron chi connectivity index (χ4n) is 2.31. The van der Waals surface area contributed by atoms with Crippen LogP contribution >= 0.6 is 22.9 Å². The summed E-state index contributed by atoms with van der Waals surface area (Å²) in [5, 5.41) is 2.09. The summed E-state index contributed by atoms with van der Waals surface area (Å²) < 4.78 is 13.3. The van der Waals surface area contributed by atoms with Gasteiger partial charge in [-0.05, 0) is 48.1 Å². The van der Waals surface area contributed by atoms with E-state index in [4.69, 9.17) is 11.6 Å². The number of hydrogen-bond acceptors (Lipinski definition) is 2. The first-order chi connectivity index (χ1) is 9.28. The Labute approximate surface area is 121 Å². The second-order valence-corrected chi connectivity index (χ2v) is 6.14. The van der Waals surface area contributed by atoms with Gasteiger partial charge in [-0.3, -0.25) is 0 Å². The van der Waals surface area contributed by atoms with Crippen molar-refractivity contribution in [3.05, 3.63) is 52.0 Å². The van der Waals surface area contributed by atoms with Crippen LogP contribution in [0.1, 0.15) is 23.3 Å². The zero-order valence-corrected chi connectivity index (χ0v) is 12.1. The third kappa shape index (κ3) is 2.93. The molecule has 2 aromatic rings. The number of benzene rings is 1. The smallest absolute Gasteiger partial charge is 0.123 e. The number of alkyl halides is 1. The first-order valence-corrected chi connectivity index (χ1v) is 7.83. The van der Waals surface area contributed by atoms with Gasteiger partial charge < -0.3 is 4.90 Å². The van der Waals surface area contributed by atoms with E-state index in [0.29, 0.717) is 11.9 Å². The molecule has 0 aliphatic heterocycles. The van der Waals surface area contributed by atoms with Gasteiger partial charge in [0.1, 0.15) is 5.82 Å². The second kappa shape index (κ2) is 5.51. The van der Waals surface area contributed by atoms with Crippen LogP contribution in [-0.4, -0.2) is 6.04 Å². The third-order valence-corrected chi connectivity index (χ3v) is 4.54. The first kappa shape index (κ1) is 12.9. The van der Waals surface area contributed by atoms with Crippen molar-refractivity contribution in [2.45, 2.75) is 31.3 Å². The van der Waals surface area contributed by atoms with Crippen molar-refractivity contribution in [1.82, 2.24) is 0 Å². The van der Waals surface area contributed by atoms with Gasteiger partial charge in [0.25, 0.3) is 0 Å². The molecule has 1 nitrogen and oxygen atoms in total. The van der Waals surface area contributed by atoms with Gasteiger partial charge in [-0.15, -0.1) is 22.9 Å². The maximum atomic E-state index is 13.3. The summed E-state index contributed by atoms with van der Waals surface area (Å²) in [5.74, 6) is 0.132. The Morgan fingerprint density at radius 2 is 2.16 bits per heavy atom. The van der Waals surface area contributed by atoms with E-state index >= 15 is 0 Å². The lowest BCUT2D eigenvalue weighted by molar-refractivity contribution is 0.625. The van der Waals surface area contributed by atoms with Crippen LogP contribution < -0.4 is 4.90 Å². The monoisotopic (exact) mass is 295 g/mol. The number of nitrogens with zero attached hydrogens (tertiary/aromatic N) is 1. The minimum absolute atomic E-state index is 0.216. The first-order valence-electron chi connectivity index (χ1n) is 6.41. The minimum Gasteiger partial charge on any atom is -0.363 e. The van der Waals surface area contributed by atoms with Gasteiger partial charge in [0, 0.05) is 22.5 Å². The molecule has 0 amide bonds. The molecule has 3 rings (SSSR count). The maximum Gasteiger partial charge on any atom is 0.123 e. The number of thiophene rings is 1. The van der Waals surface area contributed by atoms with Gasteiger partial charge in [-0.25, -0.2) is 4.39 Å². The molecule has 1 aliphatic carbocycles. The molecule has 19 heavy (non-hydrogen) atoms. The Morgan fingerprint density at radius 3 is 2.79 bits per heavy atom. The average Bonchev–Trinajstić information content (AvgIpc) is 3.13. The van der Waals surface area contributed by atoms with Crippen molar-refractivity contribution in [2.24, 2.45) is 0 Å². The highest BCUT2D eigenvalue weighted by Gasteiger charge is 2.30. The molecule has 0 atom stereocenters. The predicted molar refractivity (Wildman–Crippen MR) is 79.5 cm³/mol. The number of rotatable bonds is 5. The standard InChI is InChI=1S/C15H15ClFNS/c16-9-11-8-12(17)3-6-15(11)18(13-4-5-13)10-14-2-1-7-19-14/h1-3,6-8,13H,4-5,9-10H2. The zero-order chi connectivity index (χ0) is 13.2. The normalized spacial score (nSPS) is 14.6. The molecule has 4 heteroatoms. The highest BCUT2D eigenvalue weighted by Crippen LogP contribution is 2.36. The van der Waals surface area contributed by atoms with E-state index in [0.717, 1.165) is 17.8 Å². The molecule has 0 bridgehead atoms. The van der Waals surface area contributed by atoms with Crippen molar-refractivity contribution < 1.29 is 4.39 Å². The molecule has 1 heterocycles. The van der Waals surface area contributed by atoms with Gasteiger partial charge >= 0.3 is 0 Å². The van der Waals surface area contributed by atoms with Gasteiger partial charge in [0.2, 0.25) is 0 Å². The van der Waals surface area contributed by atoms with Gasteiger partial charge in [0.15, 0.2) is 0 Å². The van der Waals surface area contributed by atoms with Crippen LogP contribution in [0.5, 0.6) is 0 Å². The Hall–Kier alpha value is -1.06. The highest BCUT2D eigenvalue weighted by atomic mass is 35.5. The average molecular weight is 296 g/mol. The third-order valence-electron chi connectivity index (χ3n) is 3.39. The lowest BCUT2D eigenvalue weighted by atomic mass is 10.1. The van der Waals surface area contributed by atoms with Crippen molar-refractivity contribution in [3.63, 3.8) is 0 Å². The van der Waals surface area contributed by atoms with Crippen LogP contribution in [0.2, 0.25) is 0 Å². The van der Waals surface area contributed by atoms with Crippen LogP contribution in [0.4, 0.5) is 10.1 Å². The van der Waals surface area contributed by atoms with E-state index in [1.165, 1.54) is 23.8 Å². The summed E-state index contributed by atoms with van der Waals surface area (Å²) in [5.41, 5.74) is 1.96. The molecule has 0 N–H and O–H groups in total. The molecule has 0 saturated heterocycles. The van der Waals surface area contributed by atoms with Crippen molar-refractivity contribution in [1.29, 1.82) is 0 Å². The Kier molecular flexibility index (Phi) is 3.76. The van der Waals surface area contributed by atoms with Gasteiger partial charge in [0.05, 0.1) is 6.54 Å². The molecule has 1 saturated carbocycles. The molecule has 100 valence electrons. The van der Waals surface area contributed by atoms with Crippen LogP contribution in [0, 0.1) is 5.82 Å². The summed E-state index contributed by atoms with van der Waals surface area (Å²) in [4.78, 5) is 3.69. The number of hydrogen-bond donors (Lipinski definition) is 0. The SMILES string of the molecule is Fc1ccc(N(Cc2cccs2)C2CC2)c(CCl)c1. The summed E-state index contributed by atoms with van der Waals surface area (Å²) in [7, 11) is 0. The molecular formula is C15H15ClFNS. The predicted octanol–water partition coefficient (Wildman–Crippen LogP) is 4.80. The topological polar surface area (TPSA) is 3.24 Å². The molecule has 1 aliphatic rings. The van der Waals surface area contributed by atoms with E-state index < -0.39 is 0 Å². The summed E-state index contributed by atoms with van der Waals surface area (Å²) in [6.45, 7) is 0.887. The second-order valence-electron chi connectivity index (χ2n) is 4.85. The summed E-state index contributed by atoms with van der Waals surface area (Å²) in [6, 6.07) is 9.72. The van der Waals surface area contributed by atoms with Crippen molar-refractivity contribution in [3.8, 4) is 0 Å². The molecule has 1 fully saturated rings. The maximum absolute atomic E-state index is 13.3. The lowest BCUT2D eigenvalue weighted by Gasteiger charge is -2.26. The molecule has 0 spiro atoms.